The summed E-state index contributed by atoms with van der Waals surface area (Å²) in [4.78, 5) is 24.8. The van der Waals surface area contributed by atoms with Crippen LogP contribution in [-0.2, 0) is 9.59 Å². The molecule has 10 heteroatoms. The Hall–Kier alpha value is -1.48. The third-order valence-electron chi connectivity index (χ3n) is 6.60. The number of carbonyl (C=O) groups is 2. The van der Waals surface area contributed by atoms with Gasteiger partial charge in [-0.2, -0.15) is 26.3 Å². The first-order valence-electron chi connectivity index (χ1n) is 12.7. The molecule has 4 unspecified atom stereocenters. The van der Waals surface area contributed by atoms with Crippen LogP contribution in [0.1, 0.15) is 81.1 Å². The lowest BCUT2D eigenvalue weighted by Gasteiger charge is -2.42. The van der Waals surface area contributed by atoms with Crippen molar-refractivity contribution in [1.82, 2.24) is 0 Å². The molecule has 36 heavy (non-hydrogen) atoms. The van der Waals surface area contributed by atoms with Gasteiger partial charge in [0.05, 0.1) is 23.7 Å². The molecule has 0 aliphatic carbocycles. The fraction of sp³-hybridized carbons (Fsp3) is 0.923. The third kappa shape index (κ3) is 10.9. The molecule has 0 bridgehead atoms. The Morgan fingerprint density at radius 1 is 0.528 bits per heavy atom. The summed E-state index contributed by atoms with van der Waals surface area (Å²) in [5.41, 5.74) is 0. The van der Waals surface area contributed by atoms with E-state index in [9.17, 15) is 46.1 Å². The van der Waals surface area contributed by atoms with Crippen LogP contribution in [-0.4, -0.2) is 34.5 Å². The van der Waals surface area contributed by atoms with E-state index in [-0.39, 0.29) is 49.4 Å². The molecule has 0 aromatic rings. The number of aliphatic carboxylic acids is 2. The summed E-state index contributed by atoms with van der Waals surface area (Å²) in [5, 5.41) is 19.9. The van der Waals surface area contributed by atoms with E-state index in [1.807, 2.05) is 0 Å². The summed E-state index contributed by atoms with van der Waals surface area (Å²) in [6.45, 7) is 13.2. The minimum Gasteiger partial charge on any atom is -0.481 e. The summed E-state index contributed by atoms with van der Waals surface area (Å²) in [6.07, 6.45) is -10.7. The van der Waals surface area contributed by atoms with Crippen molar-refractivity contribution in [1.29, 1.82) is 0 Å². The van der Waals surface area contributed by atoms with Gasteiger partial charge in [-0.25, -0.2) is 0 Å². The first-order valence-corrected chi connectivity index (χ1v) is 12.7. The van der Waals surface area contributed by atoms with Crippen LogP contribution in [0, 0.1) is 59.2 Å². The summed E-state index contributed by atoms with van der Waals surface area (Å²) >= 11 is 0. The molecule has 0 amide bonds. The van der Waals surface area contributed by atoms with Gasteiger partial charge in [0.1, 0.15) is 0 Å². The Bertz CT molecular complexity index is 607. The van der Waals surface area contributed by atoms with Crippen molar-refractivity contribution in [3.63, 3.8) is 0 Å². The summed E-state index contributed by atoms with van der Waals surface area (Å²) in [6, 6.07) is 0. The third-order valence-corrected chi connectivity index (χ3v) is 6.60. The smallest absolute Gasteiger partial charge is 0.392 e. The molecule has 0 aliphatic rings. The van der Waals surface area contributed by atoms with Crippen molar-refractivity contribution in [2.75, 3.05) is 0 Å². The van der Waals surface area contributed by atoms with Gasteiger partial charge in [0.15, 0.2) is 0 Å². The second-order valence-corrected chi connectivity index (χ2v) is 11.9. The van der Waals surface area contributed by atoms with Crippen molar-refractivity contribution in [2.24, 2.45) is 59.2 Å². The van der Waals surface area contributed by atoms with E-state index < -0.39 is 59.8 Å². The molecule has 0 heterocycles. The number of carboxylic acid groups (broad SMARTS) is 2. The lowest BCUT2D eigenvalue weighted by molar-refractivity contribution is -0.245. The average molecular weight is 535 g/mol. The highest BCUT2D eigenvalue weighted by Crippen LogP contribution is 2.52. The second kappa shape index (κ2) is 13.9. The molecule has 0 saturated heterocycles. The van der Waals surface area contributed by atoms with Gasteiger partial charge >= 0.3 is 24.3 Å². The second-order valence-electron chi connectivity index (χ2n) is 11.9. The fourth-order valence-corrected chi connectivity index (χ4v) is 5.79. The molecule has 4 atom stereocenters. The van der Waals surface area contributed by atoms with Gasteiger partial charge < -0.3 is 10.2 Å². The summed E-state index contributed by atoms with van der Waals surface area (Å²) in [7, 11) is 0. The standard InChI is InChI=1S/C26H44F6O4/c1-13(2)9-17(10-14(3)4)21(25(27,28)29)19(23(33)34)20(24(35)36)22(26(30,31)32)18(11-15(5)6)12-16(7)8/h13-22H,9-12H2,1-8H3,(H,33,34)(H,35,36). The molecule has 0 spiro atoms. The molecule has 0 saturated carbocycles. The maximum absolute atomic E-state index is 14.5. The van der Waals surface area contributed by atoms with E-state index in [0.717, 1.165) is 0 Å². The average Bonchev–Trinajstić information content (AvgIpc) is 2.58. The molecular weight excluding hydrogens is 490 g/mol. The van der Waals surface area contributed by atoms with Crippen LogP contribution in [0.2, 0.25) is 0 Å². The Labute approximate surface area is 211 Å². The van der Waals surface area contributed by atoms with Crippen LogP contribution >= 0.6 is 0 Å². The predicted molar refractivity (Wildman–Crippen MR) is 126 cm³/mol. The number of carboxylic acids is 2. The fourth-order valence-electron chi connectivity index (χ4n) is 5.79. The van der Waals surface area contributed by atoms with Gasteiger partial charge in [-0.15, -0.1) is 0 Å². The predicted octanol–water partition coefficient (Wildman–Crippen LogP) is 8.16. The van der Waals surface area contributed by atoms with E-state index in [1.165, 1.54) is 0 Å². The van der Waals surface area contributed by atoms with Gasteiger partial charge in [-0.05, 0) is 61.2 Å². The number of halogens is 6. The molecule has 0 aliphatic heterocycles. The van der Waals surface area contributed by atoms with Crippen LogP contribution in [0.3, 0.4) is 0 Å². The minimum atomic E-state index is -5.20. The van der Waals surface area contributed by atoms with Gasteiger partial charge in [0.2, 0.25) is 0 Å². The van der Waals surface area contributed by atoms with Crippen LogP contribution in [0.4, 0.5) is 26.3 Å². The van der Waals surface area contributed by atoms with E-state index in [1.54, 1.807) is 55.4 Å². The molecule has 0 aromatic heterocycles. The van der Waals surface area contributed by atoms with E-state index in [4.69, 9.17) is 0 Å². The number of rotatable bonds is 15. The van der Waals surface area contributed by atoms with E-state index in [0.29, 0.717) is 0 Å². The van der Waals surface area contributed by atoms with E-state index in [2.05, 4.69) is 0 Å². The van der Waals surface area contributed by atoms with Gasteiger partial charge in [-0.3, -0.25) is 9.59 Å². The Kier molecular flexibility index (Phi) is 13.3. The first kappa shape index (κ1) is 34.5. The molecule has 4 nitrogen and oxygen atoms in total. The van der Waals surface area contributed by atoms with Crippen molar-refractivity contribution in [3.8, 4) is 0 Å². The molecule has 0 rings (SSSR count). The van der Waals surface area contributed by atoms with Crippen molar-refractivity contribution < 1.29 is 46.1 Å². The highest BCUT2D eigenvalue weighted by Gasteiger charge is 2.62. The SMILES string of the molecule is CC(C)CC(CC(C)C)C(C(C(=O)O)C(C(=O)O)C(C(CC(C)C)CC(C)C)C(F)(F)F)C(F)(F)F. The zero-order valence-corrected chi connectivity index (χ0v) is 22.6. The van der Waals surface area contributed by atoms with Gasteiger partial charge in [-0.1, -0.05) is 55.4 Å². The zero-order chi connectivity index (χ0) is 28.8. The van der Waals surface area contributed by atoms with Crippen LogP contribution in [0.15, 0.2) is 0 Å². The molecule has 0 aromatic carbocycles. The lowest BCUT2D eigenvalue weighted by Crippen LogP contribution is -2.52. The molecular formula is C26H44F6O4. The number of alkyl halides is 6. The van der Waals surface area contributed by atoms with Gasteiger partial charge in [0, 0.05) is 0 Å². The maximum atomic E-state index is 14.5. The Morgan fingerprint density at radius 3 is 0.833 bits per heavy atom. The van der Waals surface area contributed by atoms with Crippen LogP contribution < -0.4 is 0 Å². The number of hydrogen-bond donors (Lipinski definition) is 2. The Balaban J connectivity index is 7.23. The molecule has 214 valence electrons. The largest absolute Gasteiger partial charge is 0.481 e. The monoisotopic (exact) mass is 534 g/mol. The van der Waals surface area contributed by atoms with Crippen molar-refractivity contribution >= 4 is 11.9 Å². The van der Waals surface area contributed by atoms with Crippen LogP contribution in [0.25, 0.3) is 0 Å². The van der Waals surface area contributed by atoms with Crippen LogP contribution in [0.5, 0.6) is 0 Å². The van der Waals surface area contributed by atoms with Gasteiger partial charge in [0.25, 0.3) is 0 Å². The minimum absolute atomic E-state index is 0.0867. The topological polar surface area (TPSA) is 74.6 Å². The highest BCUT2D eigenvalue weighted by atomic mass is 19.4. The Morgan fingerprint density at radius 2 is 0.722 bits per heavy atom. The molecule has 0 radical (unpaired) electrons. The summed E-state index contributed by atoms with van der Waals surface area (Å²) in [5.74, 6) is -19.2. The normalized spacial score (nSPS) is 16.9. The molecule has 0 fully saturated rings. The zero-order valence-electron chi connectivity index (χ0n) is 22.6. The maximum Gasteiger partial charge on any atom is 0.392 e. The van der Waals surface area contributed by atoms with E-state index >= 15 is 0 Å². The lowest BCUT2D eigenvalue weighted by atomic mass is 9.63. The van der Waals surface area contributed by atoms with Crippen molar-refractivity contribution in [2.45, 2.75) is 93.4 Å². The quantitative estimate of drug-likeness (QED) is 0.208. The molecule has 2 N–H and O–H groups in total. The first-order chi connectivity index (χ1) is 16.1. The van der Waals surface area contributed by atoms with Crippen molar-refractivity contribution in [3.05, 3.63) is 0 Å². The highest BCUT2D eigenvalue weighted by molar-refractivity contribution is 5.80. The summed E-state index contributed by atoms with van der Waals surface area (Å²) < 4.78 is 87.3. The number of hydrogen-bond acceptors (Lipinski definition) is 2.